The Morgan fingerprint density at radius 3 is 2.15 bits per heavy atom. The lowest BCUT2D eigenvalue weighted by molar-refractivity contribution is -0.162. The molecule has 1 heterocycles. The summed E-state index contributed by atoms with van der Waals surface area (Å²) in [4.78, 5) is 12.6. The van der Waals surface area contributed by atoms with Crippen LogP contribution in [0.2, 0.25) is 0 Å². The monoisotopic (exact) mass is 472 g/mol. The Kier molecular flexibility index (Phi) is 9.30. The van der Waals surface area contributed by atoms with E-state index in [4.69, 9.17) is 18.9 Å². The van der Waals surface area contributed by atoms with Crippen molar-refractivity contribution in [2.75, 3.05) is 26.6 Å². The SMILES string of the molecule is CCCC1CCC(C2CCC(OC(=O)c3ccc(OCOCC4(CC)COC4)cc3)CC2)CC1. The van der Waals surface area contributed by atoms with Gasteiger partial charge in [-0.25, -0.2) is 4.79 Å². The fraction of sp³-hybridized carbons (Fsp3) is 0.759. The minimum atomic E-state index is -0.221. The van der Waals surface area contributed by atoms with Gasteiger partial charge < -0.3 is 18.9 Å². The van der Waals surface area contributed by atoms with Crippen LogP contribution in [0, 0.1) is 23.2 Å². The average molecular weight is 473 g/mol. The summed E-state index contributed by atoms with van der Waals surface area (Å²) in [7, 11) is 0. The largest absolute Gasteiger partial charge is 0.468 e. The normalized spacial score (nSPS) is 28.6. The van der Waals surface area contributed by atoms with Gasteiger partial charge in [-0.1, -0.05) is 39.5 Å². The maximum absolute atomic E-state index is 12.6. The number of ether oxygens (including phenoxy) is 4. The molecule has 2 aliphatic carbocycles. The maximum atomic E-state index is 12.6. The summed E-state index contributed by atoms with van der Waals surface area (Å²) < 4.78 is 22.5. The van der Waals surface area contributed by atoms with E-state index < -0.39 is 0 Å². The number of esters is 1. The minimum Gasteiger partial charge on any atom is -0.468 e. The van der Waals surface area contributed by atoms with Gasteiger partial charge >= 0.3 is 5.97 Å². The number of hydrogen-bond donors (Lipinski definition) is 0. The number of carbonyl (C=O) groups is 1. The second-order valence-corrected chi connectivity index (χ2v) is 11.0. The van der Waals surface area contributed by atoms with Gasteiger partial charge in [-0.3, -0.25) is 0 Å². The zero-order chi connectivity index (χ0) is 23.8. The molecular formula is C29H44O5. The number of rotatable bonds is 11. The van der Waals surface area contributed by atoms with E-state index in [0.29, 0.717) is 17.9 Å². The van der Waals surface area contributed by atoms with Crippen molar-refractivity contribution in [3.8, 4) is 5.75 Å². The molecule has 5 heteroatoms. The zero-order valence-corrected chi connectivity index (χ0v) is 21.3. The van der Waals surface area contributed by atoms with Crippen molar-refractivity contribution >= 4 is 5.97 Å². The first-order chi connectivity index (χ1) is 16.6. The van der Waals surface area contributed by atoms with Gasteiger partial charge in [0.05, 0.1) is 25.4 Å². The second-order valence-electron chi connectivity index (χ2n) is 11.0. The first-order valence-corrected chi connectivity index (χ1v) is 13.7. The van der Waals surface area contributed by atoms with Crippen LogP contribution in [-0.2, 0) is 14.2 Å². The predicted molar refractivity (Wildman–Crippen MR) is 133 cm³/mol. The number of carbonyl (C=O) groups excluding carboxylic acids is 1. The van der Waals surface area contributed by atoms with E-state index >= 15 is 0 Å². The van der Waals surface area contributed by atoms with Crippen LogP contribution in [0.25, 0.3) is 0 Å². The van der Waals surface area contributed by atoms with Crippen LogP contribution in [0.3, 0.4) is 0 Å². The highest BCUT2D eigenvalue weighted by molar-refractivity contribution is 5.89. The van der Waals surface area contributed by atoms with Crippen LogP contribution in [0.1, 0.15) is 94.8 Å². The molecule has 34 heavy (non-hydrogen) atoms. The summed E-state index contributed by atoms with van der Waals surface area (Å²) in [5.74, 6) is 3.18. The van der Waals surface area contributed by atoms with Crippen LogP contribution < -0.4 is 4.74 Å². The van der Waals surface area contributed by atoms with Gasteiger partial charge in [0.2, 0.25) is 0 Å². The summed E-state index contributed by atoms with van der Waals surface area (Å²) in [5, 5.41) is 0. The summed E-state index contributed by atoms with van der Waals surface area (Å²) in [6.07, 6.45) is 13.9. The molecule has 0 aromatic heterocycles. The minimum absolute atomic E-state index is 0.0610. The van der Waals surface area contributed by atoms with E-state index in [9.17, 15) is 4.79 Å². The summed E-state index contributed by atoms with van der Waals surface area (Å²) in [5.41, 5.74) is 0.741. The molecule has 0 amide bonds. The summed E-state index contributed by atoms with van der Waals surface area (Å²) in [6.45, 7) is 6.85. The van der Waals surface area contributed by atoms with Crippen LogP contribution >= 0.6 is 0 Å². The smallest absolute Gasteiger partial charge is 0.338 e. The van der Waals surface area contributed by atoms with Crippen molar-refractivity contribution in [2.24, 2.45) is 23.2 Å². The molecule has 0 atom stereocenters. The van der Waals surface area contributed by atoms with Crippen molar-refractivity contribution in [3.63, 3.8) is 0 Å². The van der Waals surface area contributed by atoms with Crippen LogP contribution in [0.4, 0.5) is 0 Å². The van der Waals surface area contributed by atoms with Crippen LogP contribution in [0.5, 0.6) is 5.75 Å². The molecule has 4 rings (SSSR count). The molecule has 3 fully saturated rings. The van der Waals surface area contributed by atoms with Crippen LogP contribution in [-0.4, -0.2) is 38.7 Å². The zero-order valence-electron chi connectivity index (χ0n) is 21.3. The van der Waals surface area contributed by atoms with E-state index in [0.717, 1.165) is 50.2 Å². The van der Waals surface area contributed by atoms with Gasteiger partial charge in [0.15, 0.2) is 6.79 Å². The fourth-order valence-electron chi connectivity index (χ4n) is 6.09. The van der Waals surface area contributed by atoms with Crippen molar-refractivity contribution in [2.45, 2.75) is 90.6 Å². The molecule has 1 aromatic rings. The number of benzene rings is 1. The van der Waals surface area contributed by atoms with E-state index in [1.807, 2.05) is 12.1 Å². The van der Waals surface area contributed by atoms with Crippen LogP contribution in [0.15, 0.2) is 24.3 Å². The maximum Gasteiger partial charge on any atom is 0.338 e. The van der Waals surface area contributed by atoms with Crippen molar-refractivity contribution < 1.29 is 23.7 Å². The van der Waals surface area contributed by atoms with E-state index in [2.05, 4.69) is 13.8 Å². The molecule has 190 valence electrons. The Hall–Kier alpha value is -1.59. The lowest BCUT2D eigenvalue weighted by atomic mass is 9.70. The third kappa shape index (κ3) is 6.75. The Bertz CT molecular complexity index is 735. The summed E-state index contributed by atoms with van der Waals surface area (Å²) in [6, 6.07) is 7.19. The first-order valence-electron chi connectivity index (χ1n) is 13.7. The van der Waals surface area contributed by atoms with E-state index in [-0.39, 0.29) is 24.3 Å². The Balaban J connectivity index is 1.13. The Morgan fingerprint density at radius 2 is 1.59 bits per heavy atom. The third-order valence-corrected chi connectivity index (χ3v) is 8.62. The summed E-state index contributed by atoms with van der Waals surface area (Å²) >= 11 is 0. The van der Waals surface area contributed by atoms with E-state index in [1.54, 1.807) is 12.1 Å². The molecule has 0 N–H and O–H groups in total. The molecular weight excluding hydrogens is 428 g/mol. The van der Waals surface area contributed by atoms with Gasteiger partial charge in [0.1, 0.15) is 11.9 Å². The fourth-order valence-corrected chi connectivity index (χ4v) is 6.09. The molecule has 0 spiro atoms. The Labute approximate surface area is 205 Å². The lowest BCUT2D eigenvalue weighted by Gasteiger charge is -2.40. The lowest BCUT2D eigenvalue weighted by Crippen LogP contribution is -2.45. The molecule has 0 unspecified atom stereocenters. The highest BCUT2D eigenvalue weighted by Gasteiger charge is 2.37. The average Bonchev–Trinajstić information content (AvgIpc) is 2.85. The van der Waals surface area contributed by atoms with Gasteiger partial charge in [-0.05, 0) is 87.0 Å². The topological polar surface area (TPSA) is 54.0 Å². The van der Waals surface area contributed by atoms with Gasteiger partial charge in [-0.15, -0.1) is 0 Å². The van der Waals surface area contributed by atoms with Crippen molar-refractivity contribution in [1.29, 1.82) is 0 Å². The van der Waals surface area contributed by atoms with Gasteiger partial charge in [-0.2, -0.15) is 0 Å². The predicted octanol–water partition coefficient (Wildman–Crippen LogP) is 6.79. The molecule has 0 radical (unpaired) electrons. The third-order valence-electron chi connectivity index (χ3n) is 8.62. The molecule has 2 saturated carbocycles. The molecule has 1 aliphatic heterocycles. The molecule has 0 bridgehead atoms. The highest BCUT2D eigenvalue weighted by atomic mass is 16.7. The van der Waals surface area contributed by atoms with Gasteiger partial charge in [0, 0.05) is 5.41 Å². The molecule has 1 saturated heterocycles. The second kappa shape index (κ2) is 12.4. The van der Waals surface area contributed by atoms with E-state index in [1.165, 1.54) is 51.4 Å². The highest BCUT2D eigenvalue weighted by Crippen LogP contribution is 2.41. The van der Waals surface area contributed by atoms with Crippen molar-refractivity contribution in [3.05, 3.63) is 29.8 Å². The first kappa shape index (κ1) is 25.5. The van der Waals surface area contributed by atoms with Crippen molar-refractivity contribution in [1.82, 2.24) is 0 Å². The van der Waals surface area contributed by atoms with Gasteiger partial charge in [0.25, 0.3) is 0 Å². The molecule has 5 nitrogen and oxygen atoms in total. The molecule has 3 aliphatic rings. The molecule has 1 aromatic carbocycles. The quantitative estimate of drug-likeness (QED) is 0.202. The Morgan fingerprint density at radius 1 is 0.941 bits per heavy atom. The standard InChI is InChI=1S/C29H44O5/c1-3-5-22-6-8-23(9-7-22)24-10-16-27(17-11-24)34-28(30)25-12-14-26(15-13-25)33-21-32-20-29(4-2)18-31-19-29/h12-15,22-24,27H,3-11,16-21H2,1-2H3. The number of hydrogen-bond acceptors (Lipinski definition) is 5.